The van der Waals surface area contributed by atoms with Crippen molar-refractivity contribution in [3.05, 3.63) is 0 Å². The van der Waals surface area contributed by atoms with E-state index in [4.69, 9.17) is 22.7 Å². The molecule has 3 heteroatoms. The molecule has 0 aromatic rings. The summed E-state index contributed by atoms with van der Waals surface area (Å²) in [6.45, 7) is 0.708. The fourth-order valence-electron chi connectivity index (χ4n) is 0.699. The molecular weight excluding hydrogens is 122 g/mol. The molecular formula is C5H9NOS. The van der Waals surface area contributed by atoms with E-state index in [0.29, 0.717) is 11.7 Å². The van der Waals surface area contributed by atoms with Crippen LogP contribution in [0.25, 0.3) is 0 Å². The predicted octanol–water partition coefficient (Wildman–Crippen LogP) is 0.451. The lowest BCUT2D eigenvalue weighted by Crippen LogP contribution is -2.30. The van der Waals surface area contributed by atoms with E-state index in [0.717, 1.165) is 12.8 Å². The first-order chi connectivity index (χ1) is 3.79. The molecule has 2 N–H and O–H groups in total. The summed E-state index contributed by atoms with van der Waals surface area (Å²) in [5, 5.41) is 0.670. The van der Waals surface area contributed by atoms with Crippen molar-refractivity contribution in [1.82, 2.24) is 0 Å². The van der Waals surface area contributed by atoms with Gasteiger partial charge in [-0.3, -0.25) is 0 Å². The standard InChI is InChI=1S/C5H9NOS/c6-4-1-2-7-5(8)3-4/h4H,1-3,6H2. The summed E-state index contributed by atoms with van der Waals surface area (Å²) in [5.74, 6) is 0. The van der Waals surface area contributed by atoms with Crippen LogP contribution < -0.4 is 5.73 Å². The first-order valence-corrected chi connectivity index (χ1v) is 3.11. The van der Waals surface area contributed by atoms with Crippen molar-refractivity contribution < 1.29 is 4.74 Å². The Morgan fingerprint density at radius 1 is 1.75 bits per heavy atom. The molecule has 1 atom stereocenters. The normalized spacial score (nSPS) is 29.6. The average molecular weight is 131 g/mol. The Bertz CT molecular complexity index is 105. The summed E-state index contributed by atoms with van der Waals surface area (Å²) in [7, 11) is 0. The first kappa shape index (κ1) is 5.98. The largest absolute Gasteiger partial charge is 0.487 e. The summed E-state index contributed by atoms with van der Waals surface area (Å²) >= 11 is 4.78. The van der Waals surface area contributed by atoms with Crippen LogP contribution in [-0.2, 0) is 4.74 Å². The van der Waals surface area contributed by atoms with Crippen LogP contribution in [0.3, 0.4) is 0 Å². The molecule has 0 aromatic heterocycles. The number of hydrogen-bond donors (Lipinski definition) is 1. The van der Waals surface area contributed by atoms with E-state index < -0.39 is 0 Å². The van der Waals surface area contributed by atoms with Crippen molar-refractivity contribution in [1.29, 1.82) is 0 Å². The second-order valence-corrected chi connectivity index (χ2v) is 2.43. The minimum Gasteiger partial charge on any atom is -0.487 e. The minimum atomic E-state index is 0.247. The van der Waals surface area contributed by atoms with E-state index in [1.54, 1.807) is 0 Å². The monoisotopic (exact) mass is 131 g/mol. The number of hydrogen-bond acceptors (Lipinski definition) is 3. The van der Waals surface area contributed by atoms with Gasteiger partial charge in [-0.2, -0.15) is 0 Å². The van der Waals surface area contributed by atoms with Gasteiger partial charge in [-0.15, -0.1) is 0 Å². The lowest BCUT2D eigenvalue weighted by Gasteiger charge is -2.18. The average Bonchev–Trinajstić information content (AvgIpc) is 1.64. The predicted molar refractivity (Wildman–Crippen MR) is 35.8 cm³/mol. The van der Waals surface area contributed by atoms with Crippen LogP contribution in [-0.4, -0.2) is 17.7 Å². The third-order valence-electron chi connectivity index (χ3n) is 1.18. The molecule has 2 nitrogen and oxygen atoms in total. The van der Waals surface area contributed by atoms with Gasteiger partial charge >= 0.3 is 0 Å². The van der Waals surface area contributed by atoms with Gasteiger partial charge in [-0.25, -0.2) is 0 Å². The fourth-order valence-corrected chi connectivity index (χ4v) is 0.997. The molecule has 1 aliphatic heterocycles. The Balaban J connectivity index is 2.34. The van der Waals surface area contributed by atoms with Gasteiger partial charge in [-0.1, -0.05) is 0 Å². The summed E-state index contributed by atoms with van der Waals surface area (Å²) < 4.78 is 5.00. The number of rotatable bonds is 0. The van der Waals surface area contributed by atoms with Crippen LogP contribution in [0.4, 0.5) is 0 Å². The molecule has 0 aliphatic carbocycles. The van der Waals surface area contributed by atoms with Crippen LogP contribution in [0.15, 0.2) is 0 Å². The molecule has 0 aromatic carbocycles. The lowest BCUT2D eigenvalue weighted by atomic mass is 10.1. The fraction of sp³-hybridized carbons (Fsp3) is 0.800. The van der Waals surface area contributed by atoms with Gasteiger partial charge in [0.2, 0.25) is 0 Å². The van der Waals surface area contributed by atoms with Crippen LogP contribution in [0.2, 0.25) is 0 Å². The van der Waals surface area contributed by atoms with Crippen LogP contribution in [0.5, 0.6) is 0 Å². The molecule has 0 spiro atoms. The number of ether oxygens (including phenoxy) is 1. The van der Waals surface area contributed by atoms with Crippen molar-refractivity contribution in [2.75, 3.05) is 6.61 Å². The van der Waals surface area contributed by atoms with Gasteiger partial charge < -0.3 is 10.5 Å². The van der Waals surface area contributed by atoms with E-state index in [1.807, 2.05) is 0 Å². The Hall–Kier alpha value is -0.150. The van der Waals surface area contributed by atoms with Gasteiger partial charge in [0.25, 0.3) is 0 Å². The zero-order valence-corrected chi connectivity index (χ0v) is 5.41. The van der Waals surface area contributed by atoms with Gasteiger partial charge in [0.15, 0.2) is 5.05 Å². The zero-order chi connectivity index (χ0) is 5.98. The van der Waals surface area contributed by atoms with Crippen LogP contribution >= 0.6 is 12.2 Å². The van der Waals surface area contributed by atoms with Gasteiger partial charge in [0.1, 0.15) is 0 Å². The highest BCUT2D eigenvalue weighted by Gasteiger charge is 2.12. The Morgan fingerprint density at radius 2 is 2.50 bits per heavy atom. The third kappa shape index (κ3) is 1.42. The Morgan fingerprint density at radius 3 is 2.88 bits per heavy atom. The van der Waals surface area contributed by atoms with E-state index in [9.17, 15) is 0 Å². The Kier molecular flexibility index (Phi) is 1.81. The van der Waals surface area contributed by atoms with Gasteiger partial charge in [-0.05, 0) is 18.6 Å². The topological polar surface area (TPSA) is 35.2 Å². The smallest absolute Gasteiger partial charge is 0.161 e. The quantitative estimate of drug-likeness (QED) is 0.485. The van der Waals surface area contributed by atoms with Crippen molar-refractivity contribution in [2.45, 2.75) is 18.9 Å². The molecule has 8 heavy (non-hydrogen) atoms. The third-order valence-corrected chi connectivity index (χ3v) is 1.47. The lowest BCUT2D eigenvalue weighted by molar-refractivity contribution is 0.255. The molecule has 46 valence electrons. The molecule has 0 bridgehead atoms. The second kappa shape index (κ2) is 2.42. The molecule has 0 saturated carbocycles. The van der Waals surface area contributed by atoms with E-state index in [2.05, 4.69) is 0 Å². The maximum Gasteiger partial charge on any atom is 0.161 e. The minimum absolute atomic E-state index is 0.247. The second-order valence-electron chi connectivity index (χ2n) is 1.97. The molecule has 1 saturated heterocycles. The first-order valence-electron chi connectivity index (χ1n) is 2.70. The summed E-state index contributed by atoms with van der Waals surface area (Å²) in [6, 6.07) is 0.247. The molecule has 1 fully saturated rings. The van der Waals surface area contributed by atoms with Crippen LogP contribution in [0.1, 0.15) is 12.8 Å². The zero-order valence-electron chi connectivity index (χ0n) is 4.59. The van der Waals surface area contributed by atoms with E-state index >= 15 is 0 Å². The van der Waals surface area contributed by atoms with Crippen molar-refractivity contribution in [3.63, 3.8) is 0 Å². The molecule has 0 amide bonds. The van der Waals surface area contributed by atoms with Crippen LogP contribution in [0, 0.1) is 0 Å². The number of thiocarbonyl (C=S) groups is 1. The SMILES string of the molecule is NC1CCOC(=S)C1. The molecule has 1 unspecified atom stereocenters. The maximum atomic E-state index is 5.56. The molecule has 1 aliphatic rings. The highest BCUT2D eigenvalue weighted by atomic mass is 32.1. The summed E-state index contributed by atoms with van der Waals surface area (Å²) in [5.41, 5.74) is 5.56. The van der Waals surface area contributed by atoms with Crippen molar-refractivity contribution >= 4 is 17.3 Å². The van der Waals surface area contributed by atoms with Crippen molar-refractivity contribution in [3.8, 4) is 0 Å². The Labute approximate surface area is 54.0 Å². The highest BCUT2D eigenvalue weighted by molar-refractivity contribution is 7.80. The molecule has 0 radical (unpaired) electrons. The van der Waals surface area contributed by atoms with E-state index in [-0.39, 0.29) is 6.04 Å². The summed E-state index contributed by atoms with van der Waals surface area (Å²) in [4.78, 5) is 0. The van der Waals surface area contributed by atoms with E-state index in [1.165, 1.54) is 0 Å². The van der Waals surface area contributed by atoms with Crippen molar-refractivity contribution in [2.24, 2.45) is 5.73 Å². The molecule has 1 heterocycles. The van der Waals surface area contributed by atoms with Gasteiger partial charge in [0, 0.05) is 12.5 Å². The highest BCUT2D eigenvalue weighted by Crippen LogP contribution is 2.05. The number of nitrogens with two attached hydrogens (primary N) is 1. The summed E-state index contributed by atoms with van der Waals surface area (Å²) in [6.07, 6.45) is 1.70. The maximum absolute atomic E-state index is 5.56. The molecule has 1 rings (SSSR count). The van der Waals surface area contributed by atoms with Gasteiger partial charge in [0.05, 0.1) is 6.61 Å².